The van der Waals surface area contributed by atoms with Gasteiger partial charge in [-0.25, -0.2) is 0 Å². The number of carbonyl (C=O) groups is 1. The number of halogens is 1. The molecule has 0 atom stereocenters. The van der Waals surface area contributed by atoms with Gasteiger partial charge >= 0.3 is 5.97 Å². The summed E-state index contributed by atoms with van der Waals surface area (Å²) in [6.45, 7) is 0.358. The van der Waals surface area contributed by atoms with E-state index in [-0.39, 0.29) is 45.0 Å². The molecule has 84 valence electrons. The molecular weight excluding hydrogens is 216 g/mol. The molecule has 0 aromatic carbocycles. The molecule has 0 saturated carbocycles. The number of hydrogen-bond donors (Lipinski definition) is 1. The Hall–Kier alpha value is -1.08. The van der Waals surface area contributed by atoms with Crippen LogP contribution in [-0.4, -0.2) is 30.8 Å². The van der Waals surface area contributed by atoms with Crippen molar-refractivity contribution in [1.82, 2.24) is 0 Å². The molecule has 0 aromatic rings. The van der Waals surface area contributed by atoms with Crippen molar-refractivity contribution in [3.63, 3.8) is 0 Å². The van der Waals surface area contributed by atoms with Gasteiger partial charge in [-0.05, 0) is 6.42 Å². The third-order valence-corrected chi connectivity index (χ3v) is 1.10. The molecule has 14 heavy (non-hydrogen) atoms. The largest absolute Gasteiger partial charge is 0.464 e. The molecule has 0 heterocycles. The second-order valence-electron chi connectivity index (χ2n) is 2.17. The summed E-state index contributed by atoms with van der Waals surface area (Å²) in [4.78, 5) is 24.4. The Bertz CT molecular complexity index is 178. The van der Waals surface area contributed by atoms with Crippen LogP contribution in [0.5, 0.6) is 0 Å². The van der Waals surface area contributed by atoms with Crippen LogP contribution in [0.1, 0.15) is 12.8 Å². The highest BCUT2D eigenvalue weighted by Crippen LogP contribution is 1.93. The fourth-order valence-electron chi connectivity index (χ4n) is 0.601. The molecule has 0 radical (unpaired) electrons. The Kier molecular flexibility index (Phi) is 11.0. The summed E-state index contributed by atoms with van der Waals surface area (Å²) in [5.74, 6) is -0.419. The Morgan fingerprint density at radius 2 is 2.07 bits per heavy atom. The Morgan fingerprint density at radius 1 is 1.43 bits per heavy atom. The first-order valence-electron chi connectivity index (χ1n) is 3.80. The Balaban J connectivity index is 0. The van der Waals surface area contributed by atoms with Gasteiger partial charge in [0, 0.05) is 13.0 Å². The molecule has 0 rings (SSSR count). The van der Waals surface area contributed by atoms with Gasteiger partial charge in [-0.1, -0.05) is 0 Å². The van der Waals surface area contributed by atoms with Gasteiger partial charge < -0.3 is 15.3 Å². The number of nitrogens with two attached hydrogens (primary N) is 1. The van der Waals surface area contributed by atoms with Gasteiger partial charge in [-0.15, -0.1) is 22.5 Å². The van der Waals surface area contributed by atoms with Crippen molar-refractivity contribution in [2.75, 3.05) is 19.8 Å². The zero-order valence-electron chi connectivity index (χ0n) is 7.51. The zero-order valence-corrected chi connectivity index (χ0v) is 8.33. The lowest BCUT2D eigenvalue weighted by Crippen LogP contribution is -2.14. The van der Waals surface area contributed by atoms with Gasteiger partial charge in [0.05, 0.1) is 6.61 Å². The quantitative estimate of drug-likeness (QED) is 0.282. The summed E-state index contributed by atoms with van der Waals surface area (Å²) >= 11 is 0. The summed E-state index contributed by atoms with van der Waals surface area (Å²) in [6, 6.07) is 0. The maximum Gasteiger partial charge on any atom is 0.305 e. The van der Waals surface area contributed by atoms with Crippen LogP contribution in [0, 0.1) is 10.1 Å². The first-order valence-corrected chi connectivity index (χ1v) is 3.80. The Labute approximate surface area is 87.1 Å². The topological polar surface area (TPSA) is 105 Å². The minimum absolute atomic E-state index is 0. The SMILES string of the molecule is Cl.NCCOC(=O)CCCO[N+](=O)[O-]. The number of hydrogen-bond acceptors (Lipinski definition) is 6. The van der Waals surface area contributed by atoms with Gasteiger partial charge in [0.2, 0.25) is 0 Å². The van der Waals surface area contributed by atoms with E-state index < -0.39 is 11.1 Å². The van der Waals surface area contributed by atoms with E-state index in [4.69, 9.17) is 5.73 Å². The molecular formula is C6H13ClN2O5. The zero-order chi connectivity index (χ0) is 10.1. The van der Waals surface area contributed by atoms with Crippen LogP contribution in [0.25, 0.3) is 0 Å². The number of nitrogens with zero attached hydrogens (tertiary/aromatic N) is 1. The number of rotatable bonds is 7. The van der Waals surface area contributed by atoms with Crippen LogP contribution in [0.15, 0.2) is 0 Å². The van der Waals surface area contributed by atoms with E-state index in [1.54, 1.807) is 0 Å². The molecule has 0 bridgehead atoms. The average Bonchev–Trinajstić information content (AvgIpc) is 2.08. The molecule has 0 saturated heterocycles. The fourth-order valence-corrected chi connectivity index (χ4v) is 0.601. The first-order chi connectivity index (χ1) is 6.16. The molecule has 2 N–H and O–H groups in total. The van der Waals surface area contributed by atoms with Crippen molar-refractivity contribution in [3.05, 3.63) is 10.1 Å². The third kappa shape index (κ3) is 10.9. The molecule has 0 amide bonds. The monoisotopic (exact) mass is 228 g/mol. The summed E-state index contributed by atoms with van der Waals surface area (Å²) in [6.07, 6.45) is 0.373. The Morgan fingerprint density at radius 3 is 2.57 bits per heavy atom. The van der Waals surface area contributed by atoms with Crippen molar-refractivity contribution < 1.29 is 19.5 Å². The van der Waals surface area contributed by atoms with Crippen LogP contribution >= 0.6 is 12.4 Å². The van der Waals surface area contributed by atoms with E-state index >= 15 is 0 Å². The lowest BCUT2D eigenvalue weighted by molar-refractivity contribution is -0.757. The average molecular weight is 229 g/mol. The van der Waals surface area contributed by atoms with E-state index in [9.17, 15) is 14.9 Å². The van der Waals surface area contributed by atoms with E-state index in [1.807, 2.05) is 0 Å². The molecule has 0 aromatic heterocycles. The maximum atomic E-state index is 10.7. The van der Waals surface area contributed by atoms with Gasteiger partial charge in [0.25, 0.3) is 5.09 Å². The van der Waals surface area contributed by atoms with E-state index in [2.05, 4.69) is 9.57 Å². The summed E-state index contributed by atoms with van der Waals surface area (Å²) in [5.41, 5.74) is 5.08. The van der Waals surface area contributed by atoms with Crippen molar-refractivity contribution in [3.8, 4) is 0 Å². The van der Waals surface area contributed by atoms with Gasteiger partial charge in [0.15, 0.2) is 0 Å². The third-order valence-electron chi connectivity index (χ3n) is 1.10. The molecule has 0 aliphatic rings. The van der Waals surface area contributed by atoms with Crippen molar-refractivity contribution in [2.45, 2.75) is 12.8 Å². The number of ether oxygens (including phenoxy) is 1. The summed E-state index contributed by atoms with van der Waals surface area (Å²) < 4.78 is 4.61. The second kappa shape index (κ2) is 10.0. The van der Waals surface area contributed by atoms with Crippen molar-refractivity contribution >= 4 is 18.4 Å². The van der Waals surface area contributed by atoms with Crippen LogP contribution < -0.4 is 5.73 Å². The van der Waals surface area contributed by atoms with Crippen LogP contribution in [0.4, 0.5) is 0 Å². The van der Waals surface area contributed by atoms with E-state index in [1.165, 1.54) is 0 Å². The molecule has 0 spiro atoms. The number of esters is 1. The fraction of sp³-hybridized carbons (Fsp3) is 0.833. The van der Waals surface area contributed by atoms with Gasteiger partial charge in [-0.3, -0.25) is 4.79 Å². The lowest BCUT2D eigenvalue weighted by atomic mass is 10.3. The molecule has 7 nitrogen and oxygen atoms in total. The molecule has 0 aliphatic carbocycles. The predicted molar refractivity (Wildman–Crippen MR) is 49.4 cm³/mol. The molecule has 0 fully saturated rings. The van der Waals surface area contributed by atoms with Crippen LogP contribution in [-0.2, 0) is 14.4 Å². The minimum Gasteiger partial charge on any atom is -0.464 e. The normalized spacial score (nSPS) is 8.64. The highest BCUT2D eigenvalue weighted by atomic mass is 35.5. The van der Waals surface area contributed by atoms with Crippen LogP contribution in [0.2, 0.25) is 0 Å². The molecule has 8 heteroatoms. The second-order valence-corrected chi connectivity index (χ2v) is 2.17. The molecule has 0 unspecified atom stereocenters. The lowest BCUT2D eigenvalue weighted by Gasteiger charge is -2.01. The van der Waals surface area contributed by atoms with E-state index in [0.717, 1.165) is 0 Å². The smallest absolute Gasteiger partial charge is 0.305 e. The number of carbonyl (C=O) groups excluding carboxylic acids is 1. The maximum absolute atomic E-state index is 10.7. The van der Waals surface area contributed by atoms with Crippen LogP contribution in [0.3, 0.4) is 0 Å². The van der Waals surface area contributed by atoms with Crippen molar-refractivity contribution in [2.24, 2.45) is 5.73 Å². The minimum atomic E-state index is -0.898. The summed E-state index contributed by atoms with van der Waals surface area (Å²) in [5, 5.41) is 8.77. The standard InChI is InChI=1S/C6H12N2O5.ClH/c7-3-5-12-6(9)2-1-4-13-8(10)11;/h1-5,7H2;1H. The predicted octanol–water partition coefficient (Wildman–Crippen LogP) is -0.101. The van der Waals surface area contributed by atoms with Gasteiger partial charge in [0.1, 0.15) is 6.61 Å². The van der Waals surface area contributed by atoms with E-state index in [0.29, 0.717) is 0 Å². The highest BCUT2D eigenvalue weighted by Gasteiger charge is 2.02. The van der Waals surface area contributed by atoms with Crippen molar-refractivity contribution in [1.29, 1.82) is 0 Å². The first kappa shape index (κ1) is 15.4. The highest BCUT2D eigenvalue weighted by molar-refractivity contribution is 5.85. The molecule has 0 aliphatic heterocycles. The summed E-state index contributed by atoms with van der Waals surface area (Å²) in [7, 11) is 0. The van der Waals surface area contributed by atoms with Gasteiger partial charge in [-0.2, -0.15) is 0 Å².